The molecule has 1 aliphatic carbocycles. The van der Waals surface area contributed by atoms with Crippen LogP contribution in [0.3, 0.4) is 0 Å². The molecule has 2 aromatic rings. The van der Waals surface area contributed by atoms with Crippen molar-refractivity contribution < 1.29 is 19.1 Å². The number of amides is 1. The lowest BCUT2D eigenvalue weighted by Gasteiger charge is -2.28. The van der Waals surface area contributed by atoms with Gasteiger partial charge in [-0.15, -0.1) is 0 Å². The van der Waals surface area contributed by atoms with E-state index in [1.807, 2.05) is 31.2 Å². The van der Waals surface area contributed by atoms with Gasteiger partial charge in [-0.05, 0) is 91.4 Å². The molecule has 2 aromatic carbocycles. The minimum Gasteiger partial charge on any atom is -0.486 e. The number of rotatable bonds is 9. The topological polar surface area (TPSA) is 64.6 Å². The minimum absolute atomic E-state index is 0.0214. The maximum absolute atomic E-state index is 12.3. The van der Waals surface area contributed by atoms with Gasteiger partial charge in [0.15, 0.2) is 12.4 Å². The molecule has 7 heteroatoms. The molecule has 1 aliphatic rings. The van der Waals surface area contributed by atoms with E-state index in [2.05, 4.69) is 27.9 Å². The molecule has 0 unspecified atom stereocenters. The Balaban J connectivity index is 1.32. The van der Waals surface area contributed by atoms with Crippen LogP contribution in [0.4, 0.5) is 0 Å². The van der Waals surface area contributed by atoms with Crippen LogP contribution in [-0.4, -0.2) is 30.9 Å². The Hall–Kier alpha value is -1.80. The van der Waals surface area contributed by atoms with E-state index in [1.54, 1.807) is 18.2 Å². The molecular weight excluding hydrogens is 529 g/mol. The van der Waals surface area contributed by atoms with Crippen molar-refractivity contribution in [3.63, 3.8) is 0 Å². The molecule has 0 atom stereocenters. The van der Waals surface area contributed by atoms with Gasteiger partial charge < -0.3 is 14.8 Å². The monoisotopic (exact) mass is 555 g/mol. The van der Waals surface area contributed by atoms with Gasteiger partial charge in [0, 0.05) is 16.0 Å². The Morgan fingerprint density at radius 3 is 2.32 bits per heavy atom. The summed E-state index contributed by atoms with van der Waals surface area (Å²) in [5, 5.41) is 3.70. The molecule has 1 saturated carbocycles. The minimum atomic E-state index is -0.129. The van der Waals surface area contributed by atoms with Crippen LogP contribution in [-0.2, 0) is 9.59 Å². The lowest BCUT2D eigenvalue weighted by atomic mass is 9.83. The zero-order valence-corrected chi connectivity index (χ0v) is 20.4. The van der Waals surface area contributed by atoms with Crippen molar-refractivity contribution in [3.8, 4) is 11.5 Å². The average molecular weight is 556 g/mol. The lowest BCUT2D eigenvalue weighted by Crippen LogP contribution is -2.40. The predicted octanol–water partition coefficient (Wildman–Crippen LogP) is 5.35. The fourth-order valence-electron chi connectivity index (χ4n) is 3.67. The van der Waals surface area contributed by atoms with Gasteiger partial charge in [-0.1, -0.05) is 29.3 Å². The van der Waals surface area contributed by atoms with E-state index in [4.69, 9.17) is 21.1 Å². The van der Waals surface area contributed by atoms with Gasteiger partial charge >= 0.3 is 0 Å². The third-order valence-corrected chi connectivity index (χ3v) is 6.95. The summed E-state index contributed by atoms with van der Waals surface area (Å²) in [5.74, 6) is 1.70. The highest BCUT2D eigenvalue weighted by Crippen LogP contribution is 2.27. The number of carbonyl (C=O) groups excluding carboxylic acids is 2. The molecule has 5 nitrogen and oxygen atoms in total. The van der Waals surface area contributed by atoms with Crippen LogP contribution in [0.15, 0.2) is 42.5 Å². The van der Waals surface area contributed by atoms with E-state index in [0.717, 1.165) is 40.6 Å². The number of halogens is 2. The van der Waals surface area contributed by atoms with Crippen LogP contribution < -0.4 is 14.8 Å². The molecule has 0 saturated heterocycles. The van der Waals surface area contributed by atoms with Crippen molar-refractivity contribution in [1.82, 2.24) is 5.32 Å². The van der Waals surface area contributed by atoms with Gasteiger partial charge in [-0.25, -0.2) is 0 Å². The normalized spacial score (nSPS) is 18.3. The highest BCUT2D eigenvalue weighted by Gasteiger charge is 2.24. The average Bonchev–Trinajstić information content (AvgIpc) is 2.75. The first-order chi connectivity index (χ1) is 14.9. The van der Waals surface area contributed by atoms with Gasteiger partial charge in [0.2, 0.25) is 0 Å². The Morgan fingerprint density at radius 2 is 1.65 bits per heavy atom. The van der Waals surface area contributed by atoms with Crippen molar-refractivity contribution in [2.45, 2.75) is 45.1 Å². The quantitative estimate of drug-likeness (QED) is 0.424. The number of ether oxygens (including phenoxy) is 2. The third-order valence-electron chi connectivity index (χ3n) is 5.41. The molecule has 0 spiro atoms. The van der Waals surface area contributed by atoms with E-state index in [-0.39, 0.29) is 30.9 Å². The maximum Gasteiger partial charge on any atom is 0.258 e. The summed E-state index contributed by atoms with van der Waals surface area (Å²) < 4.78 is 12.0. The molecule has 3 rings (SSSR count). The molecule has 0 bridgehead atoms. The molecule has 0 aliphatic heterocycles. The fraction of sp³-hybridized carbons (Fsp3) is 0.417. The molecule has 31 heavy (non-hydrogen) atoms. The first-order valence-corrected chi connectivity index (χ1v) is 11.9. The standard InChI is InChI=1S/C24H27ClINO4/c1-16-2-8-20(9-3-16)30-14-19(28)12-17-4-6-18(7-5-17)27-24(29)15-31-21-10-11-22(25)23(26)13-21/h2-3,8-11,13,17-18H,4-7,12,14-15H2,1H3,(H,27,29). The number of hydrogen-bond donors (Lipinski definition) is 1. The van der Waals surface area contributed by atoms with Gasteiger partial charge in [0.1, 0.15) is 18.1 Å². The smallest absolute Gasteiger partial charge is 0.258 e. The first-order valence-electron chi connectivity index (χ1n) is 10.5. The SMILES string of the molecule is Cc1ccc(OCC(=O)CC2CCC(NC(=O)COc3ccc(Cl)c(I)c3)CC2)cc1. The van der Waals surface area contributed by atoms with Crippen LogP contribution in [0.25, 0.3) is 0 Å². The molecule has 1 N–H and O–H groups in total. The molecule has 166 valence electrons. The summed E-state index contributed by atoms with van der Waals surface area (Å²) in [7, 11) is 0. The molecular formula is C24H27ClINO4. The van der Waals surface area contributed by atoms with E-state index < -0.39 is 0 Å². The summed E-state index contributed by atoms with van der Waals surface area (Å²) >= 11 is 8.12. The number of aryl methyl sites for hydroxylation is 1. The fourth-order valence-corrected chi connectivity index (χ4v) is 4.28. The second-order valence-electron chi connectivity index (χ2n) is 7.99. The molecule has 1 amide bonds. The zero-order chi connectivity index (χ0) is 22.2. The molecule has 0 aromatic heterocycles. The van der Waals surface area contributed by atoms with Gasteiger partial charge in [-0.2, -0.15) is 0 Å². The van der Waals surface area contributed by atoms with E-state index in [1.165, 1.54) is 0 Å². The van der Waals surface area contributed by atoms with Crippen LogP contribution in [0.5, 0.6) is 11.5 Å². The summed E-state index contributed by atoms with van der Waals surface area (Å²) in [6.07, 6.45) is 4.14. The van der Waals surface area contributed by atoms with Crippen molar-refractivity contribution in [2.75, 3.05) is 13.2 Å². The zero-order valence-electron chi connectivity index (χ0n) is 17.5. The second kappa shape index (κ2) is 11.7. The predicted molar refractivity (Wildman–Crippen MR) is 130 cm³/mol. The van der Waals surface area contributed by atoms with E-state index in [9.17, 15) is 9.59 Å². The van der Waals surface area contributed by atoms with Gasteiger partial charge in [0.05, 0.1) is 5.02 Å². The Kier molecular flexibility index (Phi) is 9.02. The summed E-state index contributed by atoms with van der Waals surface area (Å²) in [6, 6.07) is 13.2. The maximum atomic E-state index is 12.3. The molecule has 0 heterocycles. The number of hydrogen-bond acceptors (Lipinski definition) is 4. The van der Waals surface area contributed by atoms with Crippen LogP contribution in [0, 0.1) is 16.4 Å². The number of benzene rings is 2. The summed E-state index contributed by atoms with van der Waals surface area (Å²) in [5.41, 5.74) is 1.16. The summed E-state index contributed by atoms with van der Waals surface area (Å²) in [4.78, 5) is 24.5. The van der Waals surface area contributed by atoms with Gasteiger partial charge in [0.25, 0.3) is 5.91 Å². The summed E-state index contributed by atoms with van der Waals surface area (Å²) in [6.45, 7) is 2.11. The van der Waals surface area contributed by atoms with Crippen molar-refractivity contribution in [1.29, 1.82) is 0 Å². The van der Waals surface area contributed by atoms with Crippen LogP contribution >= 0.6 is 34.2 Å². The lowest BCUT2D eigenvalue weighted by molar-refractivity contribution is -0.125. The Labute approximate surface area is 202 Å². The van der Waals surface area contributed by atoms with E-state index >= 15 is 0 Å². The number of nitrogens with one attached hydrogen (secondary N) is 1. The van der Waals surface area contributed by atoms with Crippen molar-refractivity contribution >= 4 is 45.9 Å². The Morgan fingerprint density at radius 1 is 1.00 bits per heavy atom. The molecule has 0 radical (unpaired) electrons. The Bertz CT molecular complexity index is 895. The number of carbonyl (C=O) groups is 2. The second-order valence-corrected chi connectivity index (χ2v) is 9.56. The van der Waals surface area contributed by atoms with Crippen LogP contribution in [0.1, 0.15) is 37.7 Å². The van der Waals surface area contributed by atoms with Crippen LogP contribution in [0.2, 0.25) is 5.02 Å². The number of ketones is 1. The number of Topliss-reactive ketones (excluding diaryl/α,β-unsaturated/α-hetero) is 1. The first kappa shape index (κ1) is 23.9. The highest BCUT2D eigenvalue weighted by atomic mass is 127. The van der Waals surface area contributed by atoms with Gasteiger partial charge in [-0.3, -0.25) is 9.59 Å². The molecule has 1 fully saturated rings. The highest BCUT2D eigenvalue weighted by molar-refractivity contribution is 14.1. The van der Waals surface area contributed by atoms with Crippen molar-refractivity contribution in [2.24, 2.45) is 5.92 Å². The van der Waals surface area contributed by atoms with E-state index in [0.29, 0.717) is 23.1 Å². The van der Waals surface area contributed by atoms with Crippen molar-refractivity contribution in [3.05, 3.63) is 56.6 Å². The largest absolute Gasteiger partial charge is 0.486 e. The third kappa shape index (κ3) is 8.00.